The predicted octanol–water partition coefficient (Wildman–Crippen LogP) is 3.90. The van der Waals surface area contributed by atoms with Crippen molar-refractivity contribution in [1.82, 2.24) is 4.90 Å². The second kappa shape index (κ2) is 8.29. The first-order valence-corrected chi connectivity index (χ1v) is 9.79. The second-order valence-electron chi connectivity index (χ2n) is 6.92. The highest BCUT2D eigenvalue weighted by Crippen LogP contribution is 2.38. The average molecular weight is 403 g/mol. The van der Waals surface area contributed by atoms with Gasteiger partial charge in [-0.15, -0.1) is 0 Å². The van der Waals surface area contributed by atoms with E-state index >= 15 is 0 Å². The molecule has 148 valence electrons. The van der Waals surface area contributed by atoms with Crippen LogP contribution < -0.4 is 19.5 Å². The Labute approximate surface area is 169 Å². The number of benzene rings is 2. The number of methoxy groups -OCH3 is 1. The lowest BCUT2D eigenvalue weighted by Gasteiger charge is -2.26. The molecule has 1 amide bonds. The molecule has 1 N–H and O–H groups in total. The van der Waals surface area contributed by atoms with Gasteiger partial charge in [0.15, 0.2) is 11.5 Å². The molecule has 0 spiro atoms. The number of nitrogens with zero attached hydrogens (tertiary/aromatic N) is 1. The number of ether oxygens (including phenoxy) is 3. The van der Waals surface area contributed by atoms with Gasteiger partial charge in [0, 0.05) is 11.1 Å². The number of rotatable bonds is 5. The molecule has 1 saturated heterocycles. The van der Waals surface area contributed by atoms with Crippen molar-refractivity contribution in [3.8, 4) is 17.2 Å². The fourth-order valence-corrected chi connectivity index (χ4v) is 3.98. The van der Waals surface area contributed by atoms with Gasteiger partial charge >= 0.3 is 0 Å². The Kier molecular flexibility index (Phi) is 5.59. The summed E-state index contributed by atoms with van der Waals surface area (Å²) in [6.07, 6.45) is 2.06. The lowest BCUT2D eigenvalue weighted by Crippen LogP contribution is -2.33. The quantitative estimate of drug-likeness (QED) is 0.822. The zero-order chi connectivity index (χ0) is 19.5. The van der Waals surface area contributed by atoms with E-state index in [9.17, 15) is 4.79 Å². The van der Waals surface area contributed by atoms with Crippen LogP contribution in [0.15, 0.2) is 36.4 Å². The van der Waals surface area contributed by atoms with Crippen molar-refractivity contribution in [2.75, 3.05) is 38.7 Å². The summed E-state index contributed by atoms with van der Waals surface area (Å²) < 4.78 is 16.6. The van der Waals surface area contributed by atoms with Crippen LogP contribution in [0.3, 0.4) is 0 Å². The van der Waals surface area contributed by atoms with E-state index in [2.05, 4.69) is 16.3 Å². The maximum absolute atomic E-state index is 12.7. The van der Waals surface area contributed by atoms with E-state index in [-0.39, 0.29) is 11.9 Å². The Morgan fingerprint density at radius 1 is 1.21 bits per heavy atom. The van der Waals surface area contributed by atoms with E-state index < -0.39 is 0 Å². The van der Waals surface area contributed by atoms with Crippen LogP contribution >= 0.6 is 11.6 Å². The highest BCUT2D eigenvalue weighted by Gasteiger charge is 2.29. The molecule has 4 rings (SSSR count). The van der Waals surface area contributed by atoms with Crippen molar-refractivity contribution < 1.29 is 19.0 Å². The molecule has 1 fully saturated rings. The molecule has 0 aliphatic carbocycles. The first kappa shape index (κ1) is 18.9. The number of hydrogen-bond acceptors (Lipinski definition) is 5. The van der Waals surface area contributed by atoms with Gasteiger partial charge < -0.3 is 19.5 Å². The van der Waals surface area contributed by atoms with Crippen molar-refractivity contribution in [1.29, 1.82) is 0 Å². The van der Waals surface area contributed by atoms with Crippen molar-refractivity contribution >= 4 is 23.2 Å². The highest BCUT2D eigenvalue weighted by molar-refractivity contribution is 6.31. The number of amides is 1. The van der Waals surface area contributed by atoms with Crippen molar-refractivity contribution in [2.24, 2.45) is 0 Å². The number of carbonyl (C=O) groups is 1. The summed E-state index contributed by atoms with van der Waals surface area (Å²) in [5, 5.41) is 3.46. The van der Waals surface area contributed by atoms with Crippen LogP contribution in [0.5, 0.6) is 17.2 Å². The minimum absolute atomic E-state index is 0.0926. The summed E-state index contributed by atoms with van der Waals surface area (Å²) in [6, 6.07) is 11.4. The van der Waals surface area contributed by atoms with Crippen molar-refractivity contribution in [3.05, 3.63) is 47.0 Å². The maximum atomic E-state index is 12.7. The molecule has 1 atom stereocenters. The van der Waals surface area contributed by atoms with Crippen LogP contribution in [0.4, 0.5) is 5.69 Å². The molecule has 2 aromatic carbocycles. The van der Waals surface area contributed by atoms with Crippen molar-refractivity contribution in [3.63, 3.8) is 0 Å². The van der Waals surface area contributed by atoms with Gasteiger partial charge in [0.25, 0.3) is 0 Å². The number of anilines is 1. The molecule has 0 aromatic heterocycles. The fraction of sp³-hybridized carbons (Fsp3) is 0.381. The van der Waals surface area contributed by atoms with E-state index in [0.717, 1.165) is 36.4 Å². The first-order chi connectivity index (χ1) is 13.6. The van der Waals surface area contributed by atoms with Gasteiger partial charge in [-0.25, -0.2) is 0 Å². The minimum atomic E-state index is -0.0926. The summed E-state index contributed by atoms with van der Waals surface area (Å²) in [6.45, 7) is 2.32. The van der Waals surface area contributed by atoms with E-state index in [1.807, 2.05) is 12.1 Å². The third-order valence-electron chi connectivity index (χ3n) is 5.10. The Balaban J connectivity index is 1.45. The molecule has 0 radical (unpaired) electrons. The summed E-state index contributed by atoms with van der Waals surface area (Å²) in [4.78, 5) is 14.9. The first-order valence-electron chi connectivity index (χ1n) is 9.41. The van der Waals surface area contributed by atoms with Gasteiger partial charge in [-0.05, 0) is 55.3 Å². The van der Waals surface area contributed by atoms with Gasteiger partial charge in [0.05, 0.1) is 19.3 Å². The number of nitrogens with one attached hydrogen (secondary N) is 1. The smallest absolute Gasteiger partial charge is 0.238 e. The van der Waals surface area contributed by atoms with E-state index in [1.54, 1.807) is 25.3 Å². The molecule has 2 heterocycles. The molecule has 28 heavy (non-hydrogen) atoms. The van der Waals surface area contributed by atoms with Gasteiger partial charge in [-0.2, -0.15) is 0 Å². The van der Waals surface area contributed by atoms with Gasteiger partial charge in [0.2, 0.25) is 5.91 Å². The highest BCUT2D eigenvalue weighted by atomic mass is 35.5. The number of halogens is 1. The zero-order valence-electron chi connectivity index (χ0n) is 15.7. The topological polar surface area (TPSA) is 60.0 Å². The van der Waals surface area contributed by atoms with Gasteiger partial charge in [-0.3, -0.25) is 9.69 Å². The van der Waals surface area contributed by atoms with E-state index in [4.69, 9.17) is 25.8 Å². The Bertz CT molecular complexity index is 873. The monoisotopic (exact) mass is 402 g/mol. The molecule has 6 nitrogen and oxygen atoms in total. The number of hydrogen-bond donors (Lipinski definition) is 1. The van der Waals surface area contributed by atoms with Gasteiger partial charge in [0.1, 0.15) is 19.0 Å². The third kappa shape index (κ3) is 4.03. The molecular weight excluding hydrogens is 380 g/mol. The molecule has 2 aromatic rings. The van der Waals surface area contributed by atoms with E-state index in [1.165, 1.54) is 0 Å². The van der Waals surface area contributed by atoms with Gasteiger partial charge in [-0.1, -0.05) is 17.7 Å². The van der Waals surface area contributed by atoms with Crippen LogP contribution in [-0.4, -0.2) is 44.2 Å². The van der Waals surface area contributed by atoms with Crippen molar-refractivity contribution in [2.45, 2.75) is 18.9 Å². The fourth-order valence-electron chi connectivity index (χ4n) is 3.81. The normalized spacial score (nSPS) is 18.7. The SMILES string of the molecule is COc1ccc(Cl)cc1NC(=O)CN1CCCC1c1ccc2c(c1)OCCO2. The molecule has 0 bridgehead atoms. The lowest BCUT2D eigenvalue weighted by molar-refractivity contribution is -0.117. The van der Waals surface area contributed by atoms with E-state index in [0.29, 0.717) is 36.2 Å². The summed E-state index contributed by atoms with van der Waals surface area (Å²) in [5.41, 5.74) is 1.73. The summed E-state index contributed by atoms with van der Waals surface area (Å²) in [5.74, 6) is 2.06. The summed E-state index contributed by atoms with van der Waals surface area (Å²) >= 11 is 6.05. The number of carbonyl (C=O) groups excluding carboxylic acids is 1. The van der Waals surface area contributed by atoms with Crippen LogP contribution in [0.25, 0.3) is 0 Å². The molecular formula is C21H23ClN2O4. The molecule has 1 unspecified atom stereocenters. The van der Waals surface area contributed by atoms with Crippen LogP contribution in [0.1, 0.15) is 24.4 Å². The Hall–Kier alpha value is -2.44. The number of likely N-dealkylation sites (tertiary alicyclic amines) is 1. The summed E-state index contributed by atoms with van der Waals surface area (Å²) in [7, 11) is 1.57. The van der Waals surface area contributed by atoms with Crippen LogP contribution in [-0.2, 0) is 4.79 Å². The number of fused-ring (bicyclic) bond motifs is 1. The van der Waals surface area contributed by atoms with Crippen LogP contribution in [0.2, 0.25) is 5.02 Å². The standard InChI is InChI=1S/C21H23ClN2O4/c1-26-18-7-5-15(22)12-16(18)23-21(25)13-24-8-2-3-17(24)14-4-6-19-20(11-14)28-10-9-27-19/h4-7,11-12,17H,2-3,8-10,13H2,1H3,(H,23,25). The largest absolute Gasteiger partial charge is 0.495 e. The second-order valence-corrected chi connectivity index (χ2v) is 7.36. The minimum Gasteiger partial charge on any atom is -0.495 e. The molecule has 2 aliphatic heterocycles. The molecule has 7 heteroatoms. The zero-order valence-corrected chi connectivity index (χ0v) is 16.5. The third-order valence-corrected chi connectivity index (χ3v) is 5.33. The van der Waals surface area contributed by atoms with Crippen LogP contribution in [0, 0.1) is 0 Å². The average Bonchev–Trinajstić information content (AvgIpc) is 3.15. The predicted molar refractivity (Wildman–Crippen MR) is 108 cm³/mol. The maximum Gasteiger partial charge on any atom is 0.238 e. The molecule has 2 aliphatic rings. The Morgan fingerprint density at radius 3 is 2.86 bits per heavy atom. The molecule has 0 saturated carbocycles. The Morgan fingerprint density at radius 2 is 2.04 bits per heavy atom. The lowest BCUT2D eigenvalue weighted by atomic mass is 10.0.